The first-order chi connectivity index (χ1) is 12.4. The van der Waals surface area contributed by atoms with Gasteiger partial charge in [0.1, 0.15) is 5.69 Å². The van der Waals surface area contributed by atoms with Gasteiger partial charge in [-0.3, -0.25) is 10.00 Å². The standard InChI is InChI=1S/C20H22N4O/c1-2-5-15(6-3-1)23-10-8-16(13-23)24-11-9-18-17(14-24)20(22-21-18)19-7-4-12-25-19/h1-7,12,16H,8-11,13-14H2,(H,21,22). The highest BCUT2D eigenvalue weighted by molar-refractivity contribution is 5.58. The van der Waals surface area contributed by atoms with Crippen molar-refractivity contribution in [2.75, 3.05) is 24.5 Å². The average Bonchev–Trinajstić information content (AvgIpc) is 3.41. The van der Waals surface area contributed by atoms with Crippen molar-refractivity contribution in [3.63, 3.8) is 0 Å². The van der Waals surface area contributed by atoms with Gasteiger partial charge < -0.3 is 9.32 Å². The summed E-state index contributed by atoms with van der Waals surface area (Å²) in [5.41, 5.74) is 4.88. The van der Waals surface area contributed by atoms with Crippen LogP contribution in [0.2, 0.25) is 0 Å². The maximum Gasteiger partial charge on any atom is 0.154 e. The molecule has 25 heavy (non-hydrogen) atoms. The van der Waals surface area contributed by atoms with Crippen LogP contribution in [0.25, 0.3) is 11.5 Å². The van der Waals surface area contributed by atoms with Crippen molar-refractivity contribution in [2.45, 2.75) is 25.4 Å². The van der Waals surface area contributed by atoms with Crippen LogP contribution < -0.4 is 4.90 Å². The maximum absolute atomic E-state index is 5.57. The van der Waals surface area contributed by atoms with Gasteiger partial charge >= 0.3 is 0 Å². The van der Waals surface area contributed by atoms with Crippen molar-refractivity contribution in [1.82, 2.24) is 15.1 Å². The molecule has 2 aliphatic heterocycles. The first kappa shape index (κ1) is 14.8. The van der Waals surface area contributed by atoms with Gasteiger partial charge in [0.15, 0.2) is 5.76 Å². The van der Waals surface area contributed by atoms with Gasteiger partial charge in [0.2, 0.25) is 0 Å². The van der Waals surface area contributed by atoms with Crippen molar-refractivity contribution in [3.8, 4) is 11.5 Å². The van der Waals surface area contributed by atoms with E-state index in [2.05, 4.69) is 50.3 Å². The molecule has 0 aliphatic carbocycles. The van der Waals surface area contributed by atoms with Gasteiger partial charge in [-0.2, -0.15) is 5.10 Å². The quantitative estimate of drug-likeness (QED) is 0.798. The summed E-state index contributed by atoms with van der Waals surface area (Å²) in [5.74, 6) is 0.858. The second-order valence-corrected chi connectivity index (χ2v) is 6.95. The van der Waals surface area contributed by atoms with Gasteiger partial charge in [-0.1, -0.05) is 18.2 Å². The number of rotatable bonds is 3. The monoisotopic (exact) mass is 334 g/mol. The lowest BCUT2D eigenvalue weighted by atomic mass is 10.0. The highest BCUT2D eigenvalue weighted by Crippen LogP contribution is 2.31. The minimum atomic E-state index is 0.604. The Morgan fingerprint density at radius 2 is 2.00 bits per heavy atom. The van der Waals surface area contributed by atoms with Gasteiger partial charge in [-0.05, 0) is 30.7 Å². The number of H-pyrrole nitrogens is 1. The molecule has 1 fully saturated rings. The third-order valence-electron chi connectivity index (χ3n) is 5.52. The van der Waals surface area contributed by atoms with E-state index in [-0.39, 0.29) is 0 Å². The molecule has 3 aromatic rings. The second kappa shape index (κ2) is 6.08. The fourth-order valence-electron chi connectivity index (χ4n) is 4.16. The molecule has 1 unspecified atom stereocenters. The van der Waals surface area contributed by atoms with Crippen LogP contribution in [0, 0.1) is 0 Å². The molecule has 1 atom stereocenters. The molecule has 5 heteroatoms. The van der Waals surface area contributed by atoms with Crippen LogP contribution in [0.3, 0.4) is 0 Å². The topological polar surface area (TPSA) is 48.3 Å². The normalized spacial score (nSPS) is 20.8. The Morgan fingerprint density at radius 3 is 2.84 bits per heavy atom. The minimum Gasteiger partial charge on any atom is -0.463 e. The van der Waals surface area contributed by atoms with Crippen molar-refractivity contribution < 1.29 is 4.42 Å². The lowest BCUT2D eigenvalue weighted by Crippen LogP contribution is -2.40. The summed E-state index contributed by atoms with van der Waals surface area (Å²) >= 11 is 0. The Bertz CT molecular complexity index is 840. The summed E-state index contributed by atoms with van der Waals surface area (Å²) in [6.07, 6.45) is 3.97. The summed E-state index contributed by atoms with van der Waals surface area (Å²) < 4.78 is 5.57. The molecular weight excluding hydrogens is 312 g/mol. The lowest BCUT2D eigenvalue weighted by molar-refractivity contribution is 0.191. The van der Waals surface area contributed by atoms with Crippen LogP contribution in [0.4, 0.5) is 5.69 Å². The average molecular weight is 334 g/mol. The zero-order valence-corrected chi connectivity index (χ0v) is 14.2. The Kier molecular flexibility index (Phi) is 3.59. The van der Waals surface area contributed by atoms with E-state index in [1.54, 1.807) is 6.26 Å². The summed E-state index contributed by atoms with van der Waals surface area (Å²) in [4.78, 5) is 5.12. The van der Waals surface area contributed by atoms with E-state index in [1.165, 1.54) is 23.4 Å². The number of aromatic nitrogens is 2. The van der Waals surface area contributed by atoms with E-state index in [0.717, 1.165) is 44.1 Å². The predicted molar refractivity (Wildman–Crippen MR) is 97.5 cm³/mol. The number of fused-ring (bicyclic) bond motifs is 1. The van der Waals surface area contributed by atoms with Crippen molar-refractivity contribution in [2.24, 2.45) is 0 Å². The first-order valence-electron chi connectivity index (χ1n) is 9.02. The number of hydrogen-bond acceptors (Lipinski definition) is 4. The number of anilines is 1. The lowest BCUT2D eigenvalue weighted by Gasteiger charge is -2.32. The Balaban J connectivity index is 1.34. The molecule has 1 aromatic carbocycles. The summed E-state index contributed by atoms with van der Waals surface area (Å²) in [6, 6.07) is 15.3. The van der Waals surface area contributed by atoms with Crippen LogP contribution in [-0.4, -0.2) is 40.8 Å². The third-order valence-corrected chi connectivity index (χ3v) is 5.52. The second-order valence-electron chi connectivity index (χ2n) is 6.95. The zero-order chi connectivity index (χ0) is 16.6. The summed E-state index contributed by atoms with van der Waals surface area (Å²) in [6.45, 7) is 4.29. The van der Waals surface area contributed by atoms with Gasteiger partial charge in [-0.25, -0.2) is 0 Å². The third kappa shape index (κ3) is 2.65. The van der Waals surface area contributed by atoms with Crippen LogP contribution in [-0.2, 0) is 13.0 Å². The highest BCUT2D eigenvalue weighted by Gasteiger charge is 2.32. The number of furan rings is 1. The molecular formula is C20H22N4O. The smallest absolute Gasteiger partial charge is 0.154 e. The van der Waals surface area contributed by atoms with Gasteiger partial charge in [0.05, 0.1) is 6.26 Å². The molecule has 1 saturated heterocycles. The number of nitrogens with one attached hydrogen (secondary N) is 1. The largest absolute Gasteiger partial charge is 0.463 e. The molecule has 2 aromatic heterocycles. The molecule has 0 spiro atoms. The molecule has 5 nitrogen and oxygen atoms in total. The number of para-hydroxylation sites is 1. The first-order valence-corrected chi connectivity index (χ1v) is 9.02. The number of benzene rings is 1. The Hall–Kier alpha value is -2.53. The van der Waals surface area contributed by atoms with Crippen LogP contribution in [0.15, 0.2) is 53.1 Å². The van der Waals surface area contributed by atoms with Crippen LogP contribution >= 0.6 is 0 Å². The molecule has 0 amide bonds. The van der Waals surface area contributed by atoms with E-state index in [4.69, 9.17) is 4.42 Å². The van der Waals surface area contributed by atoms with E-state index < -0.39 is 0 Å². The molecule has 4 heterocycles. The van der Waals surface area contributed by atoms with Crippen LogP contribution in [0.5, 0.6) is 0 Å². The van der Waals surface area contributed by atoms with E-state index in [9.17, 15) is 0 Å². The van der Waals surface area contributed by atoms with Crippen LogP contribution in [0.1, 0.15) is 17.7 Å². The molecule has 0 radical (unpaired) electrons. The minimum absolute atomic E-state index is 0.604. The summed E-state index contributed by atoms with van der Waals surface area (Å²) in [5, 5.41) is 7.72. The summed E-state index contributed by atoms with van der Waals surface area (Å²) in [7, 11) is 0. The molecule has 128 valence electrons. The number of nitrogens with zero attached hydrogens (tertiary/aromatic N) is 3. The highest BCUT2D eigenvalue weighted by atomic mass is 16.3. The van der Waals surface area contributed by atoms with Gasteiger partial charge in [0.25, 0.3) is 0 Å². The molecule has 0 saturated carbocycles. The van der Waals surface area contributed by atoms with E-state index >= 15 is 0 Å². The predicted octanol–water partition coefficient (Wildman–Crippen LogP) is 3.31. The maximum atomic E-state index is 5.57. The van der Waals surface area contributed by atoms with Crippen molar-refractivity contribution in [1.29, 1.82) is 0 Å². The molecule has 2 aliphatic rings. The van der Waals surface area contributed by atoms with Gasteiger partial charge in [0, 0.05) is 55.6 Å². The van der Waals surface area contributed by atoms with Crippen molar-refractivity contribution >= 4 is 5.69 Å². The zero-order valence-electron chi connectivity index (χ0n) is 14.2. The van der Waals surface area contributed by atoms with E-state index in [0.29, 0.717) is 6.04 Å². The number of hydrogen-bond donors (Lipinski definition) is 1. The Labute approximate surface area is 147 Å². The number of aromatic amines is 1. The molecule has 5 rings (SSSR count). The molecule has 0 bridgehead atoms. The SMILES string of the molecule is c1ccc(N2CCC(N3CCc4[nH]nc(-c5ccco5)c4C3)C2)cc1. The van der Waals surface area contributed by atoms with E-state index in [1.807, 2.05) is 12.1 Å². The van der Waals surface area contributed by atoms with Gasteiger partial charge in [-0.15, -0.1) is 0 Å². The molecule has 1 N–H and O–H groups in total. The van der Waals surface area contributed by atoms with Crippen molar-refractivity contribution in [3.05, 3.63) is 60.0 Å². The fourth-order valence-corrected chi connectivity index (χ4v) is 4.16. The Morgan fingerprint density at radius 1 is 1.08 bits per heavy atom. The fraction of sp³-hybridized carbons (Fsp3) is 0.350.